The molecule has 28 heavy (non-hydrogen) atoms. The first-order valence-electron chi connectivity index (χ1n) is 9.36. The summed E-state index contributed by atoms with van der Waals surface area (Å²) >= 11 is 0. The molecule has 0 fully saturated rings. The van der Waals surface area contributed by atoms with E-state index in [-0.39, 0.29) is 0 Å². The smallest absolute Gasteiger partial charge is 0.0320 e. The molecule has 0 atom stereocenters. The van der Waals surface area contributed by atoms with Gasteiger partial charge < -0.3 is 11.5 Å². The molecule has 0 saturated heterocycles. The largest absolute Gasteiger partial charge is 0.399 e. The molecule has 0 spiro atoms. The van der Waals surface area contributed by atoms with Gasteiger partial charge in [-0.15, -0.1) is 0 Å². The van der Waals surface area contributed by atoms with E-state index in [1.54, 1.807) is 0 Å². The quantitative estimate of drug-likeness (QED) is 0.279. The maximum Gasteiger partial charge on any atom is 0.0320 e. The monoisotopic (exact) mass is 360 g/mol. The molecule has 2 nitrogen and oxygen atoms in total. The molecule has 5 rings (SSSR count). The molecule has 0 unspecified atom stereocenters. The summed E-state index contributed by atoms with van der Waals surface area (Å²) in [5, 5.41) is 4.92. The summed E-state index contributed by atoms with van der Waals surface area (Å²) in [7, 11) is 0. The van der Waals surface area contributed by atoms with Crippen LogP contribution in [0.4, 0.5) is 11.4 Å². The Bertz CT molecular complexity index is 1320. The second kappa shape index (κ2) is 6.43. The molecule has 0 aromatic heterocycles. The molecule has 0 saturated carbocycles. The zero-order valence-electron chi connectivity index (χ0n) is 15.4. The molecule has 0 aliphatic heterocycles. The first kappa shape index (κ1) is 16.4. The van der Waals surface area contributed by atoms with Crippen molar-refractivity contribution in [3.8, 4) is 22.3 Å². The maximum atomic E-state index is 6.08. The number of anilines is 2. The van der Waals surface area contributed by atoms with Crippen molar-refractivity contribution in [2.75, 3.05) is 11.5 Å². The van der Waals surface area contributed by atoms with E-state index in [0.717, 1.165) is 22.5 Å². The number of nitrogen functional groups attached to an aromatic ring is 2. The highest BCUT2D eigenvalue weighted by Crippen LogP contribution is 2.40. The third-order valence-electron chi connectivity index (χ3n) is 5.28. The zero-order chi connectivity index (χ0) is 19.1. The average Bonchev–Trinajstić information content (AvgIpc) is 2.72. The maximum absolute atomic E-state index is 6.08. The molecular formula is C26H20N2. The Hall–Kier alpha value is -3.78. The van der Waals surface area contributed by atoms with E-state index in [4.69, 9.17) is 11.5 Å². The van der Waals surface area contributed by atoms with Gasteiger partial charge in [0.1, 0.15) is 0 Å². The van der Waals surface area contributed by atoms with Gasteiger partial charge in [-0.2, -0.15) is 0 Å². The van der Waals surface area contributed by atoms with E-state index in [1.165, 1.54) is 32.7 Å². The SMILES string of the molecule is Nc1ccc(-c2c(-c3cccc(N)c3)ccc3cc4ccccc4cc23)cc1. The van der Waals surface area contributed by atoms with Crippen LogP contribution in [0.3, 0.4) is 0 Å². The van der Waals surface area contributed by atoms with E-state index in [0.29, 0.717) is 0 Å². The second-order valence-corrected chi connectivity index (χ2v) is 7.16. The number of rotatable bonds is 2. The molecular weight excluding hydrogens is 340 g/mol. The molecule has 2 heteroatoms. The Morgan fingerprint density at radius 1 is 0.464 bits per heavy atom. The van der Waals surface area contributed by atoms with Gasteiger partial charge in [0.05, 0.1) is 0 Å². The molecule has 0 radical (unpaired) electrons. The third kappa shape index (κ3) is 2.76. The van der Waals surface area contributed by atoms with Crippen LogP contribution in [0.5, 0.6) is 0 Å². The van der Waals surface area contributed by atoms with Gasteiger partial charge in [-0.1, -0.05) is 60.7 Å². The van der Waals surface area contributed by atoms with Crippen LogP contribution in [0, 0.1) is 0 Å². The lowest BCUT2D eigenvalue weighted by atomic mass is 9.88. The van der Waals surface area contributed by atoms with Crippen LogP contribution in [0.25, 0.3) is 43.8 Å². The number of nitrogens with two attached hydrogens (primary N) is 2. The van der Waals surface area contributed by atoms with E-state index < -0.39 is 0 Å². The first-order chi connectivity index (χ1) is 13.7. The van der Waals surface area contributed by atoms with Gasteiger partial charge in [0.15, 0.2) is 0 Å². The number of fused-ring (bicyclic) bond motifs is 2. The highest BCUT2D eigenvalue weighted by atomic mass is 14.5. The van der Waals surface area contributed by atoms with Crippen molar-refractivity contribution in [2.45, 2.75) is 0 Å². The fourth-order valence-corrected chi connectivity index (χ4v) is 3.92. The fraction of sp³-hybridized carbons (Fsp3) is 0. The summed E-state index contributed by atoms with van der Waals surface area (Å²) in [6.45, 7) is 0. The molecule has 5 aromatic rings. The van der Waals surface area contributed by atoms with Crippen LogP contribution in [0.15, 0.2) is 97.1 Å². The summed E-state index contributed by atoms with van der Waals surface area (Å²) in [6, 6.07) is 33.6. The fourth-order valence-electron chi connectivity index (χ4n) is 3.92. The summed E-state index contributed by atoms with van der Waals surface area (Å²) in [4.78, 5) is 0. The summed E-state index contributed by atoms with van der Waals surface area (Å²) in [6.07, 6.45) is 0. The molecule has 5 aromatic carbocycles. The molecule has 134 valence electrons. The van der Waals surface area contributed by atoms with Crippen LogP contribution in [-0.2, 0) is 0 Å². The van der Waals surface area contributed by atoms with E-state index in [9.17, 15) is 0 Å². The lowest BCUT2D eigenvalue weighted by molar-refractivity contribution is 1.60. The number of hydrogen-bond donors (Lipinski definition) is 2. The predicted molar refractivity (Wildman–Crippen MR) is 121 cm³/mol. The standard InChI is InChI=1S/C26H20N2/c27-22-11-8-17(9-12-22)26-24(20-6-3-7-23(28)15-20)13-10-21-14-18-4-1-2-5-19(18)16-25(21)26/h1-16H,27-28H2. The van der Waals surface area contributed by atoms with Crippen LogP contribution in [-0.4, -0.2) is 0 Å². The van der Waals surface area contributed by atoms with Crippen molar-refractivity contribution < 1.29 is 0 Å². The molecule has 0 amide bonds. The Morgan fingerprint density at radius 2 is 1.21 bits per heavy atom. The van der Waals surface area contributed by atoms with Crippen molar-refractivity contribution in [3.05, 3.63) is 97.1 Å². The van der Waals surface area contributed by atoms with Gasteiger partial charge in [-0.25, -0.2) is 0 Å². The Labute approximate surface area is 164 Å². The summed E-state index contributed by atoms with van der Waals surface area (Å²) in [5.41, 5.74) is 18.2. The first-order valence-corrected chi connectivity index (χ1v) is 9.36. The molecule has 0 bridgehead atoms. The van der Waals surface area contributed by atoms with Gasteiger partial charge >= 0.3 is 0 Å². The van der Waals surface area contributed by atoms with Gasteiger partial charge in [-0.3, -0.25) is 0 Å². The molecule has 0 aliphatic carbocycles. The molecule has 0 aliphatic rings. The van der Waals surface area contributed by atoms with E-state index in [2.05, 4.69) is 66.7 Å². The lowest BCUT2D eigenvalue weighted by Crippen LogP contribution is -1.91. The highest BCUT2D eigenvalue weighted by molar-refractivity contribution is 6.09. The average molecular weight is 360 g/mol. The second-order valence-electron chi connectivity index (χ2n) is 7.16. The van der Waals surface area contributed by atoms with Gasteiger partial charge in [0.2, 0.25) is 0 Å². The van der Waals surface area contributed by atoms with Gasteiger partial charge in [0, 0.05) is 11.4 Å². The minimum atomic E-state index is 0.763. The van der Waals surface area contributed by atoms with Crippen molar-refractivity contribution in [1.29, 1.82) is 0 Å². The molecule has 4 N–H and O–H groups in total. The van der Waals surface area contributed by atoms with Crippen LogP contribution < -0.4 is 11.5 Å². The molecule has 0 heterocycles. The van der Waals surface area contributed by atoms with Crippen molar-refractivity contribution in [3.63, 3.8) is 0 Å². The highest BCUT2D eigenvalue weighted by Gasteiger charge is 2.13. The normalized spacial score (nSPS) is 11.1. The third-order valence-corrected chi connectivity index (χ3v) is 5.28. The van der Waals surface area contributed by atoms with Crippen LogP contribution >= 0.6 is 0 Å². The van der Waals surface area contributed by atoms with Crippen molar-refractivity contribution >= 4 is 32.9 Å². The van der Waals surface area contributed by atoms with E-state index in [1.807, 2.05) is 30.3 Å². The van der Waals surface area contributed by atoms with Crippen molar-refractivity contribution in [1.82, 2.24) is 0 Å². The van der Waals surface area contributed by atoms with Gasteiger partial charge in [0.25, 0.3) is 0 Å². The topological polar surface area (TPSA) is 52.0 Å². The Balaban J connectivity index is 1.90. The van der Waals surface area contributed by atoms with E-state index >= 15 is 0 Å². The summed E-state index contributed by atoms with van der Waals surface area (Å²) in [5.74, 6) is 0. The lowest BCUT2D eigenvalue weighted by Gasteiger charge is -2.16. The van der Waals surface area contributed by atoms with Crippen LogP contribution in [0.2, 0.25) is 0 Å². The minimum Gasteiger partial charge on any atom is -0.399 e. The van der Waals surface area contributed by atoms with Crippen molar-refractivity contribution in [2.24, 2.45) is 0 Å². The number of hydrogen-bond acceptors (Lipinski definition) is 2. The summed E-state index contributed by atoms with van der Waals surface area (Å²) < 4.78 is 0. The Kier molecular flexibility index (Phi) is 3.77. The number of benzene rings is 5. The zero-order valence-corrected chi connectivity index (χ0v) is 15.4. The predicted octanol–water partition coefficient (Wildman–Crippen LogP) is 6.49. The Morgan fingerprint density at radius 3 is 1.96 bits per heavy atom. The van der Waals surface area contributed by atoms with Crippen LogP contribution in [0.1, 0.15) is 0 Å². The van der Waals surface area contributed by atoms with Gasteiger partial charge in [-0.05, 0) is 80.2 Å². The minimum absolute atomic E-state index is 0.763.